The van der Waals surface area contributed by atoms with Gasteiger partial charge in [-0.3, -0.25) is 0 Å². The molecule has 27 heavy (non-hydrogen) atoms. The van der Waals surface area contributed by atoms with E-state index >= 15 is 0 Å². The molecule has 5 heteroatoms. The molecule has 0 unspecified atom stereocenters. The molecular weight excluding hydrogens is 338 g/mol. The first kappa shape index (κ1) is 19.1. The van der Waals surface area contributed by atoms with E-state index in [4.69, 9.17) is 4.74 Å². The summed E-state index contributed by atoms with van der Waals surface area (Å²) in [4.78, 5) is 16.9. The molecule has 0 saturated carbocycles. The van der Waals surface area contributed by atoms with Crippen LogP contribution in [0.15, 0.2) is 42.5 Å². The van der Waals surface area contributed by atoms with Crippen molar-refractivity contribution in [1.29, 1.82) is 0 Å². The van der Waals surface area contributed by atoms with E-state index in [1.165, 1.54) is 16.8 Å². The molecule has 2 aromatic rings. The second-order valence-electron chi connectivity index (χ2n) is 7.27. The Bertz CT molecular complexity index is 796. The Hall–Kier alpha value is -2.69. The fraction of sp³-hybridized carbons (Fsp3) is 0.409. The monoisotopic (exact) mass is 367 g/mol. The highest BCUT2D eigenvalue weighted by Crippen LogP contribution is 2.31. The minimum absolute atomic E-state index is 0.0759. The van der Waals surface area contributed by atoms with Gasteiger partial charge in [-0.2, -0.15) is 0 Å². The maximum atomic E-state index is 12.7. The number of anilines is 2. The van der Waals surface area contributed by atoms with Crippen molar-refractivity contribution in [3.63, 3.8) is 0 Å². The predicted molar refractivity (Wildman–Crippen MR) is 111 cm³/mol. The molecule has 0 spiro atoms. The van der Waals surface area contributed by atoms with E-state index in [0.29, 0.717) is 30.4 Å². The second-order valence-corrected chi connectivity index (χ2v) is 7.27. The van der Waals surface area contributed by atoms with Gasteiger partial charge in [-0.15, -0.1) is 0 Å². The van der Waals surface area contributed by atoms with Gasteiger partial charge in [0.25, 0.3) is 0 Å². The Morgan fingerprint density at radius 1 is 1.04 bits per heavy atom. The van der Waals surface area contributed by atoms with Crippen molar-refractivity contribution < 1.29 is 9.53 Å². The van der Waals surface area contributed by atoms with Crippen LogP contribution in [0.1, 0.15) is 30.9 Å². The van der Waals surface area contributed by atoms with Crippen molar-refractivity contribution in [2.75, 3.05) is 43.5 Å². The number of rotatable bonds is 4. The lowest BCUT2D eigenvalue weighted by atomic mass is 9.97. The highest BCUT2D eigenvalue weighted by molar-refractivity contribution is 5.91. The van der Waals surface area contributed by atoms with Crippen LogP contribution >= 0.6 is 0 Å². The van der Waals surface area contributed by atoms with Gasteiger partial charge in [-0.1, -0.05) is 44.2 Å². The number of nitrogens with zero attached hydrogens (tertiary/aromatic N) is 2. The van der Waals surface area contributed by atoms with Crippen LogP contribution in [-0.2, 0) is 0 Å². The van der Waals surface area contributed by atoms with E-state index in [1.54, 1.807) is 7.11 Å². The molecule has 2 aromatic carbocycles. The molecular formula is C22H29N3O2. The van der Waals surface area contributed by atoms with Crippen LogP contribution in [0.5, 0.6) is 5.75 Å². The van der Waals surface area contributed by atoms with Crippen LogP contribution in [0.25, 0.3) is 0 Å². The van der Waals surface area contributed by atoms with Crippen molar-refractivity contribution in [1.82, 2.24) is 4.90 Å². The number of nitrogens with one attached hydrogen (secondary N) is 1. The number of methoxy groups -OCH3 is 1. The van der Waals surface area contributed by atoms with Gasteiger partial charge in [0.15, 0.2) is 0 Å². The Labute approximate surface area is 161 Å². The third-order valence-corrected chi connectivity index (χ3v) is 5.12. The lowest BCUT2D eigenvalue weighted by Gasteiger charge is -2.38. The molecule has 1 heterocycles. The summed E-state index contributed by atoms with van der Waals surface area (Å²) in [5, 5.41) is 2.97. The highest BCUT2D eigenvalue weighted by Gasteiger charge is 2.24. The van der Waals surface area contributed by atoms with Gasteiger partial charge in [-0.05, 0) is 36.1 Å². The number of piperazine rings is 1. The molecule has 5 nitrogen and oxygen atoms in total. The fourth-order valence-corrected chi connectivity index (χ4v) is 3.65. The number of carbonyl (C=O) groups excluding carboxylic acids is 1. The minimum Gasteiger partial charge on any atom is -0.495 e. The lowest BCUT2D eigenvalue weighted by Crippen LogP contribution is -2.50. The molecule has 0 bridgehead atoms. The summed E-state index contributed by atoms with van der Waals surface area (Å²) in [5.41, 5.74) is 4.71. The number of benzene rings is 2. The summed E-state index contributed by atoms with van der Waals surface area (Å²) in [7, 11) is 1.61. The zero-order chi connectivity index (χ0) is 19.4. The fourth-order valence-electron chi connectivity index (χ4n) is 3.65. The number of para-hydroxylation sites is 3. The molecule has 0 aromatic heterocycles. The molecule has 1 saturated heterocycles. The number of hydrogen-bond donors (Lipinski definition) is 1. The van der Waals surface area contributed by atoms with E-state index in [2.05, 4.69) is 49.2 Å². The summed E-state index contributed by atoms with van der Waals surface area (Å²) >= 11 is 0. The number of carbonyl (C=O) groups is 1. The van der Waals surface area contributed by atoms with Crippen molar-refractivity contribution in [2.24, 2.45) is 0 Å². The van der Waals surface area contributed by atoms with Crippen molar-refractivity contribution in [2.45, 2.75) is 26.7 Å². The standard InChI is InChI=1S/C22H29N3O2/c1-16(2)18-9-7-8-17(3)21(18)24-12-14-25(15-13-24)22(26)23-19-10-5-6-11-20(19)27-4/h5-11,16H,12-15H2,1-4H3,(H,23,26). The van der Waals surface area contributed by atoms with E-state index in [9.17, 15) is 4.79 Å². The van der Waals surface area contributed by atoms with Crippen molar-refractivity contribution in [3.05, 3.63) is 53.6 Å². The van der Waals surface area contributed by atoms with E-state index < -0.39 is 0 Å². The molecule has 0 radical (unpaired) electrons. The van der Waals surface area contributed by atoms with Crippen LogP contribution < -0.4 is 15.0 Å². The molecule has 1 N–H and O–H groups in total. The van der Waals surface area contributed by atoms with Crippen LogP contribution in [0, 0.1) is 6.92 Å². The Morgan fingerprint density at radius 3 is 2.41 bits per heavy atom. The number of hydrogen-bond acceptors (Lipinski definition) is 3. The lowest BCUT2D eigenvalue weighted by molar-refractivity contribution is 0.208. The predicted octanol–water partition coefficient (Wildman–Crippen LogP) is 4.48. The van der Waals surface area contributed by atoms with Crippen molar-refractivity contribution in [3.8, 4) is 5.75 Å². The van der Waals surface area contributed by atoms with Crippen LogP contribution in [0.3, 0.4) is 0 Å². The summed E-state index contributed by atoms with van der Waals surface area (Å²) < 4.78 is 5.32. The molecule has 1 aliphatic rings. The molecule has 0 aliphatic carbocycles. The average Bonchev–Trinajstić information content (AvgIpc) is 2.68. The number of aryl methyl sites for hydroxylation is 1. The summed E-state index contributed by atoms with van der Waals surface area (Å²) in [6.07, 6.45) is 0. The molecule has 2 amide bonds. The number of amides is 2. The maximum absolute atomic E-state index is 12.7. The number of ether oxygens (including phenoxy) is 1. The molecule has 1 fully saturated rings. The van der Waals surface area contributed by atoms with Crippen LogP contribution in [0.4, 0.5) is 16.2 Å². The van der Waals surface area contributed by atoms with Gasteiger partial charge in [0, 0.05) is 31.9 Å². The molecule has 3 rings (SSSR count). The quantitative estimate of drug-likeness (QED) is 0.866. The topological polar surface area (TPSA) is 44.8 Å². The number of urea groups is 1. The first-order chi connectivity index (χ1) is 13.0. The van der Waals surface area contributed by atoms with Gasteiger partial charge in [-0.25, -0.2) is 4.79 Å². The second kappa shape index (κ2) is 8.33. The minimum atomic E-state index is -0.0759. The van der Waals surface area contributed by atoms with Crippen molar-refractivity contribution >= 4 is 17.4 Å². The zero-order valence-electron chi connectivity index (χ0n) is 16.7. The molecule has 144 valence electrons. The molecule has 1 aliphatic heterocycles. The third kappa shape index (κ3) is 4.18. The largest absolute Gasteiger partial charge is 0.495 e. The van der Waals surface area contributed by atoms with Gasteiger partial charge in [0.05, 0.1) is 12.8 Å². The zero-order valence-corrected chi connectivity index (χ0v) is 16.7. The average molecular weight is 367 g/mol. The van der Waals surface area contributed by atoms with Gasteiger partial charge in [0.1, 0.15) is 5.75 Å². The Kier molecular flexibility index (Phi) is 5.89. The summed E-state index contributed by atoms with van der Waals surface area (Å²) in [6, 6.07) is 13.9. The van der Waals surface area contributed by atoms with Gasteiger partial charge >= 0.3 is 6.03 Å². The third-order valence-electron chi connectivity index (χ3n) is 5.12. The van der Waals surface area contributed by atoms with E-state index in [1.807, 2.05) is 29.2 Å². The Morgan fingerprint density at radius 2 is 1.74 bits per heavy atom. The SMILES string of the molecule is COc1ccccc1NC(=O)N1CCN(c2c(C)cccc2C(C)C)CC1. The normalized spacial score (nSPS) is 14.4. The van der Waals surface area contributed by atoms with Crippen LogP contribution in [0.2, 0.25) is 0 Å². The van der Waals surface area contributed by atoms with E-state index in [-0.39, 0.29) is 6.03 Å². The Balaban J connectivity index is 1.67. The van der Waals surface area contributed by atoms with Gasteiger partial charge < -0.3 is 19.9 Å². The van der Waals surface area contributed by atoms with Gasteiger partial charge in [0.2, 0.25) is 0 Å². The first-order valence-corrected chi connectivity index (χ1v) is 9.54. The smallest absolute Gasteiger partial charge is 0.322 e. The van der Waals surface area contributed by atoms with E-state index in [0.717, 1.165) is 13.1 Å². The first-order valence-electron chi connectivity index (χ1n) is 9.54. The summed E-state index contributed by atoms with van der Waals surface area (Å²) in [5.74, 6) is 1.15. The highest BCUT2D eigenvalue weighted by atomic mass is 16.5. The molecule has 0 atom stereocenters. The van der Waals surface area contributed by atoms with Crippen LogP contribution in [-0.4, -0.2) is 44.2 Å². The summed E-state index contributed by atoms with van der Waals surface area (Å²) in [6.45, 7) is 9.71. The maximum Gasteiger partial charge on any atom is 0.322 e.